The van der Waals surface area contributed by atoms with E-state index in [1.54, 1.807) is 32.6 Å². The van der Waals surface area contributed by atoms with E-state index in [0.717, 1.165) is 22.0 Å². The highest BCUT2D eigenvalue weighted by atomic mass is 16.5. The lowest BCUT2D eigenvalue weighted by Gasteiger charge is -2.06. The predicted molar refractivity (Wildman–Crippen MR) is 97.3 cm³/mol. The fourth-order valence-corrected chi connectivity index (χ4v) is 2.59. The topological polar surface area (TPSA) is 75.7 Å². The number of benzene rings is 2. The van der Waals surface area contributed by atoms with Crippen molar-refractivity contribution in [2.24, 2.45) is 5.10 Å². The van der Waals surface area contributed by atoms with Gasteiger partial charge in [-0.05, 0) is 23.8 Å². The van der Waals surface area contributed by atoms with Gasteiger partial charge in [-0.1, -0.05) is 18.2 Å². The number of carbonyl (C=O) groups is 1. The molecular weight excluding hydrogens is 318 g/mol. The SMILES string of the molecule is COc1ccc(/C=N/NC(=O)Cc2c[nH]c3ccccc23)c(OC)c1. The summed E-state index contributed by atoms with van der Waals surface area (Å²) in [5.41, 5.74) is 5.24. The number of hydrogen-bond donors (Lipinski definition) is 2. The maximum atomic E-state index is 12.1. The zero-order valence-corrected chi connectivity index (χ0v) is 14.1. The Morgan fingerprint density at radius 2 is 2.04 bits per heavy atom. The largest absolute Gasteiger partial charge is 0.497 e. The fourth-order valence-electron chi connectivity index (χ4n) is 2.59. The molecule has 0 atom stereocenters. The van der Waals surface area contributed by atoms with Gasteiger partial charge in [0.15, 0.2) is 0 Å². The van der Waals surface area contributed by atoms with E-state index in [0.29, 0.717) is 11.5 Å². The zero-order chi connectivity index (χ0) is 17.6. The highest BCUT2D eigenvalue weighted by Crippen LogP contribution is 2.23. The molecule has 3 rings (SSSR count). The molecule has 6 nitrogen and oxygen atoms in total. The van der Waals surface area contributed by atoms with Crippen LogP contribution in [0.3, 0.4) is 0 Å². The number of ether oxygens (including phenoxy) is 2. The predicted octanol–water partition coefficient (Wildman–Crippen LogP) is 2.88. The molecule has 1 amide bonds. The molecule has 1 aromatic heterocycles. The minimum atomic E-state index is -0.187. The summed E-state index contributed by atoms with van der Waals surface area (Å²) in [4.78, 5) is 15.3. The number of nitrogens with one attached hydrogen (secondary N) is 2. The van der Waals surface area contributed by atoms with Crippen LogP contribution in [0.5, 0.6) is 11.5 Å². The van der Waals surface area contributed by atoms with Crippen molar-refractivity contribution in [3.63, 3.8) is 0 Å². The van der Waals surface area contributed by atoms with Crippen molar-refractivity contribution in [1.82, 2.24) is 10.4 Å². The van der Waals surface area contributed by atoms with Crippen LogP contribution in [0.4, 0.5) is 0 Å². The number of H-pyrrole nitrogens is 1. The Morgan fingerprint density at radius 3 is 2.84 bits per heavy atom. The lowest BCUT2D eigenvalue weighted by Crippen LogP contribution is -2.19. The smallest absolute Gasteiger partial charge is 0.244 e. The van der Waals surface area contributed by atoms with Gasteiger partial charge in [0.25, 0.3) is 0 Å². The van der Waals surface area contributed by atoms with E-state index in [4.69, 9.17) is 9.47 Å². The molecule has 0 aliphatic heterocycles. The normalized spacial score (nSPS) is 11.0. The lowest BCUT2D eigenvalue weighted by atomic mass is 10.1. The van der Waals surface area contributed by atoms with Gasteiger partial charge in [0.05, 0.1) is 26.9 Å². The maximum Gasteiger partial charge on any atom is 0.244 e. The van der Waals surface area contributed by atoms with Crippen LogP contribution in [0.15, 0.2) is 53.8 Å². The van der Waals surface area contributed by atoms with E-state index < -0.39 is 0 Å². The number of aromatic nitrogens is 1. The number of hydrogen-bond acceptors (Lipinski definition) is 4. The molecule has 0 aliphatic rings. The molecule has 2 aromatic carbocycles. The molecule has 3 aromatic rings. The molecule has 0 radical (unpaired) electrons. The molecule has 0 aliphatic carbocycles. The van der Waals surface area contributed by atoms with Crippen LogP contribution in [0.2, 0.25) is 0 Å². The average molecular weight is 337 g/mol. The maximum absolute atomic E-state index is 12.1. The Kier molecular flexibility index (Phi) is 4.99. The second-order valence-electron chi connectivity index (χ2n) is 5.44. The summed E-state index contributed by atoms with van der Waals surface area (Å²) >= 11 is 0. The minimum Gasteiger partial charge on any atom is -0.497 e. The minimum absolute atomic E-state index is 0.187. The first-order valence-corrected chi connectivity index (χ1v) is 7.80. The number of amides is 1. The number of rotatable bonds is 6. The standard InChI is InChI=1S/C19H19N3O3/c1-24-15-8-7-13(18(10-15)25-2)12-21-22-19(23)9-14-11-20-17-6-4-3-5-16(14)17/h3-8,10-12,20H,9H2,1-2H3,(H,22,23)/b21-12+. The molecule has 128 valence electrons. The summed E-state index contributed by atoms with van der Waals surface area (Å²) in [7, 11) is 3.16. The number of hydrazone groups is 1. The van der Waals surface area contributed by atoms with Gasteiger partial charge in [0.1, 0.15) is 11.5 Å². The first-order chi connectivity index (χ1) is 12.2. The van der Waals surface area contributed by atoms with Crippen molar-refractivity contribution in [3.8, 4) is 11.5 Å². The molecular formula is C19H19N3O3. The van der Waals surface area contributed by atoms with Gasteiger partial charge in [0, 0.05) is 28.7 Å². The molecule has 0 fully saturated rings. The molecule has 2 N–H and O–H groups in total. The van der Waals surface area contributed by atoms with Gasteiger partial charge < -0.3 is 14.5 Å². The van der Waals surface area contributed by atoms with Crippen molar-refractivity contribution in [1.29, 1.82) is 0 Å². The van der Waals surface area contributed by atoms with Crippen molar-refractivity contribution >= 4 is 23.0 Å². The third-order valence-electron chi connectivity index (χ3n) is 3.86. The van der Waals surface area contributed by atoms with Crippen LogP contribution in [0.1, 0.15) is 11.1 Å². The third-order valence-corrected chi connectivity index (χ3v) is 3.86. The summed E-state index contributed by atoms with van der Waals surface area (Å²) in [6, 6.07) is 13.2. The van der Waals surface area contributed by atoms with Gasteiger partial charge in [-0.3, -0.25) is 4.79 Å². The monoisotopic (exact) mass is 337 g/mol. The van der Waals surface area contributed by atoms with E-state index in [2.05, 4.69) is 15.5 Å². The zero-order valence-electron chi connectivity index (χ0n) is 14.1. The van der Waals surface area contributed by atoms with E-state index in [-0.39, 0.29) is 12.3 Å². The highest BCUT2D eigenvalue weighted by molar-refractivity contribution is 5.90. The second kappa shape index (κ2) is 7.53. The summed E-state index contributed by atoms with van der Waals surface area (Å²) in [5.74, 6) is 1.12. The Bertz CT molecular complexity index is 915. The molecule has 1 heterocycles. The van der Waals surface area contributed by atoms with Crippen LogP contribution >= 0.6 is 0 Å². The van der Waals surface area contributed by atoms with Crippen molar-refractivity contribution in [2.75, 3.05) is 14.2 Å². The number of fused-ring (bicyclic) bond motifs is 1. The summed E-state index contributed by atoms with van der Waals surface area (Å²) in [6.07, 6.45) is 3.65. The first kappa shape index (κ1) is 16.6. The Morgan fingerprint density at radius 1 is 1.20 bits per heavy atom. The third kappa shape index (κ3) is 3.80. The second-order valence-corrected chi connectivity index (χ2v) is 5.44. The van der Waals surface area contributed by atoms with Crippen molar-refractivity contribution in [2.45, 2.75) is 6.42 Å². The first-order valence-electron chi connectivity index (χ1n) is 7.80. The summed E-state index contributed by atoms with van der Waals surface area (Å²) < 4.78 is 10.4. The molecule has 0 bridgehead atoms. The summed E-state index contributed by atoms with van der Waals surface area (Å²) in [5, 5.41) is 5.05. The molecule has 0 saturated carbocycles. The number of para-hydroxylation sites is 1. The van der Waals surface area contributed by atoms with Gasteiger partial charge in [0.2, 0.25) is 5.91 Å². The number of nitrogens with zero attached hydrogens (tertiary/aromatic N) is 1. The Hall–Kier alpha value is -3.28. The highest BCUT2D eigenvalue weighted by Gasteiger charge is 2.08. The van der Waals surface area contributed by atoms with Crippen molar-refractivity contribution in [3.05, 3.63) is 59.8 Å². The van der Waals surface area contributed by atoms with Gasteiger partial charge >= 0.3 is 0 Å². The fraction of sp³-hybridized carbons (Fsp3) is 0.158. The number of methoxy groups -OCH3 is 2. The Balaban J connectivity index is 1.65. The van der Waals surface area contributed by atoms with Crippen LogP contribution in [-0.2, 0) is 11.2 Å². The van der Waals surface area contributed by atoms with Gasteiger partial charge in [-0.15, -0.1) is 0 Å². The van der Waals surface area contributed by atoms with Crippen molar-refractivity contribution < 1.29 is 14.3 Å². The number of carbonyl (C=O) groups excluding carboxylic acids is 1. The Labute approximate surface area is 145 Å². The van der Waals surface area contributed by atoms with Gasteiger partial charge in [-0.2, -0.15) is 5.10 Å². The molecule has 0 spiro atoms. The molecule has 6 heteroatoms. The average Bonchev–Trinajstić information content (AvgIpc) is 3.05. The number of aromatic amines is 1. The molecule has 0 unspecified atom stereocenters. The molecule has 0 saturated heterocycles. The van der Waals surface area contributed by atoms with E-state index in [1.807, 2.05) is 36.5 Å². The quantitative estimate of drug-likeness (QED) is 0.536. The van der Waals surface area contributed by atoms with Gasteiger partial charge in [-0.25, -0.2) is 5.43 Å². The van der Waals surface area contributed by atoms with Crippen LogP contribution in [0.25, 0.3) is 10.9 Å². The van der Waals surface area contributed by atoms with Crippen LogP contribution in [-0.4, -0.2) is 31.3 Å². The van der Waals surface area contributed by atoms with E-state index in [1.165, 1.54) is 0 Å². The lowest BCUT2D eigenvalue weighted by molar-refractivity contribution is -0.120. The molecule has 25 heavy (non-hydrogen) atoms. The van der Waals surface area contributed by atoms with E-state index >= 15 is 0 Å². The van der Waals surface area contributed by atoms with Crippen LogP contribution < -0.4 is 14.9 Å². The van der Waals surface area contributed by atoms with E-state index in [9.17, 15) is 4.79 Å². The van der Waals surface area contributed by atoms with Crippen LogP contribution in [0, 0.1) is 0 Å². The summed E-state index contributed by atoms with van der Waals surface area (Å²) in [6.45, 7) is 0.